The summed E-state index contributed by atoms with van der Waals surface area (Å²) < 4.78 is 11.9. The third kappa shape index (κ3) is 4.79. The van der Waals surface area contributed by atoms with E-state index in [-0.39, 0.29) is 36.8 Å². The van der Waals surface area contributed by atoms with Gasteiger partial charge in [-0.25, -0.2) is 4.98 Å². The van der Waals surface area contributed by atoms with Gasteiger partial charge in [0.25, 0.3) is 5.56 Å². The van der Waals surface area contributed by atoms with Crippen LogP contribution in [0.25, 0.3) is 10.9 Å². The molecule has 158 valence electrons. The van der Waals surface area contributed by atoms with E-state index in [0.29, 0.717) is 48.3 Å². The minimum Gasteiger partial charge on any atom is -0.493 e. The Kier molecular flexibility index (Phi) is 7.44. The van der Waals surface area contributed by atoms with Crippen LogP contribution in [0, 0.1) is 5.92 Å². The maximum Gasteiger partial charge on any atom is 0.308 e. The number of aromatic nitrogens is 2. The predicted octanol–water partition coefficient (Wildman–Crippen LogP) is 1.55. The van der Waals surface area contributed by atoms with Crippen molar-refractivity contribution in [3.05, 3.63) is 28.8 Å². The van der Waals surface area contributed by atoms with Crippen LogP contribution in [-0.2, 0) is 16.1 Å². The fraction of sp³-hybridized carbons (Fsp3) is 0.474. The van der Waals surface area contributed by atoms with Gasteiger partial charge in [-0.2, -0.15) is 0 Å². The highest BCUT2D eigenvalue weighted by Gasteiger charge is 2.30. The average molecular weight is 426 g/mol. The SMILES string of the molecule is COc1cc2ncn(CCCC(=O)N3CCC(C(=O)O)C3)c(=O)c2cc1OC.Cl. The van der Waals surface area contributed by atoms with Crippen molar-refractivity contribution < 1.29 is 24.2 Å². The van der Waals surface area contributed by atoms with Crippen molar-refractivity contribution >= 4 is 35.2 Å². The van der Waals surface area contributed by atoms with Crippen LogP contribution in [0.15, 0.2) is 23.3 Å². The van der Waals surface area contributed by atoms with E-state index < -0.39 is 11.9 Å². The van der Waals surface area contributed by atoms with Crippen molar-refractivity contribution in [1.29, 1.82) is 0 Å². The maximum absolute atomic E-state index is 12.7. The number of carboxylic acid groups (broad SMARTS) is 1. The lowest BCUT2D eigenvalue weighted by Crippen LogP contribution is -2.30. The minimum atomic E-state index is -0.865. The molecule has 1 unspecified atom stereocenters. The molecule has 0 spiro atoms. The summed E-state index contributed by atoms with van der Waals surface area (Å²) in [7, 11) is 3.01. The summed E-state index contributed by atoms with van der Waals surface area (Å²) in [4.78, 5) is 41.8. The van der Waals surface area contributed by atoms with Gasteiger partial charge in [0.1, 0.15) is 0 Å². The smallest absolute Gasteiger partial charge is 0.308 e. The summed E-state index contributed by atoms with van der Waals surface area (Å²) in [6, 6.07) is 3.25. The zero-order valence-corrected chi connectivity index (χ0v) is 17.1. The van der Waals surface area contributed by atoms with E-state index in [1.165, 1.54) is 25.1 Å². The molecule has 29 heavy (non-hydrogen) atoms. The summed E-state index contributed by atoms with van der Waals surface area (Å²) in [5.74, 6) is -0.490. The number of ether oxygens (including phenoxy) is 2. The van der Waals surface area contributed by atoms with E-state index in [9.17, 15) is 14.4 Å². The molecule has 1 aromatic carbocycles. The molecule has 1 saturated heterocycles. The molecule has 1 aromatic heterocycles. The molecule has 1 amide bonds. The van der Waals surface area contributed by atoms with Gasteiger partial charge >= 0.3 is 5.97 Å². The zero-order chi connectivity index (χ0) is 20.3. The van der Waals surface area contributed by atoms with Gasteiger partial charge in [-0.05, 0) is 18.9 Å². The van der Waals surface area contributed by atoms with E-state index in [1.54, 1.807) is 17.0 Å². The van der Waals surface area contributed by atoms with Gasteiger partial charge in [0.2, 0.25) is 5.91 Å². The van der Waals surface area contributed by atoms with E-state index in [1.807, 2.05) is 0 Å². The average Bonchev–Trinajstić information content (AvgIpc) is 3.19. The normalized spacial score (nSPS) is 15.8. The predicted molar refractivity (Wildman–Crippen MR) is 108 cm³/mol. The molecule has 1 aliphatic rings. The number of halogens is 1. The minimum absolute atomic E-state index is 0. The molecule has 1 fully saturated rings. The van der Waals surface area contributed by atoms with Crippen LogP contribution in [-0.4, -0.2) is 58.7 Å². The first kappa shape index (κ1) is 22.5. The number of aliphatic carboxylic acids is 1. The fourth-order valence-electron chi connectivity index (χ4n) is 3.39. The van der Waals surface area contributed by atoms with Crippen LogP contribution in [0.3, 0.4) is 0 Å². The lowest BCUT2D eigenvalue weighted by molar-refractivity contribution is -0.141. The Hall–Kier alpha value is -2.81. The highest BCUT2D eigenvalue weighted by atomic mass is 35.5. The van der Waals surface area contributed by atoms with E-state index in [4.69, 9.17) is 14.6 Å². The number of fused-ring (bicyclic) bond motifs is 1. The Morgan fingerprint density at radius 2 is 1.93 bits per heavy atom. The topological polar surface area (TPSA) is 111 Å². The van der Waals surface area contributed by atoms with Crippen molar-refractivity contribution in [2.24, 2.45) is 5.92 Å². The molecule has 2 heterocycles. The molecular formula is C19H24ClN3O6. The van der Waals surface area contributed by atoms with Crippen molar-refractivity contribution in [2.75, 3.05) is 27.3 Å². The lowest BCUT2D eigenvalue weighted by Gasteiger charge is -2.16. The molecule has 0 bridgehead atoms. The number of carboxylic acids is 1. The number of hydrogen-bond donors (Lipinski definition) is 1. The monoisotopic (exact) mass is 425 g/mol. The quantitative estimate of drug-likeness (QED) is 0.716. The maximum atomic E-state index is 12.7. The van der Waals surface area contributed by atoms with Crippen LogP contribution < -0.4 is 15.0 Å². The number of aryl methyl sites for hydroxylation is 1. The highest BCUT2D eigenvalue weighted by Crippen LogP contribution is 2.29. The number of amides is 1. The van der Waals surface area contributed by atoms with Crippen LogP contribution in [0.4, 0.5) is 0 Å². The number of carbonyl (C=O) groups is 2. The summed E-state index contributed by atoms with van der Waals surface area (Å²) in [6.07, 6.45) is 2.66. The van der Waals surface area contributed by atoms with E-state index >= 15 is 0 Å². The van der Waals surface area contributed by atoms with Gasteiger partial charge < -0.3 is 19.5 Å². The number of likely N-dealkylation sites (tertiary alicyclic amines) is 1. The summed E-state index contributed by atoms with van der Waals surface area (Å²) in [5, 5.41) is 9.44. The summed E-state index contributed by atoms with van der Waals surface area (Å²) in [5.41, 5.74) is 0.289. The van der Waals surface area contributed by atoms with Crippen LogP contribution in [0.1, 0.15) is 19.3 Å². The number of nitrogens with zero attached hydrogens (tertiary/aromatic N) is 3. The molecule has 1 atom stereocenters. The fourth-order valence-corrected chi connectivity index (χ4v) is 3.39. The van der Waals surface area contributed by atoms with Crippen molar-refractivity contribution in [1.82, 2.24) is 14.5 Å². The summed E-state index contributed by atoms with van der Waals surface area (Å²) in [6.45, 7) is 1.07. The Morgan fingerprint density at radius 3 is 2.55 bits per heavy atom. The van der Waals surface area contributed by atoms with Crippen LogP contribution in [0.2, 0.25) is 0 Å². The Bertz CT molecular complexity index is 961. The third-order valence-corrected chi connectivity index (χ3v) is 5.01. The second kappa shape index (κ2) is 9.60. The number of benzene rings is 1. The Balaban J connectivity index is 0.00000300. The second-order valence-electron chi connectivity index (χ2n) is 6.73. The van der Waals surface area contributed by atoms with Gasteiger partial charge in [0.15, 0.2) is 11.5 Å². The van der Waals surface area contributed by atoms with Gasteiger partial charge in [0.05, 0.1) is 37.4 Å². The summed E-state index contributed by atoms with van der Waals surface area (Å²) >= 11 is 0. The van der Waals surface area contributed by atoms with Crippen molar-refractivity contribution in [2.45, 2.75) is 25.8 Å². The number of methoxy groups -OCH3 is 2. The molecule has 0 aliphatic carbocycles. The highest BCUT2D eigenvalue weighted by molar-refractivity contribution is 5.85. The molecule has 0 saturated carbocycles. The third-order valence-electron chi connectivity index (χ3n) is 5.01. The van der Waals surface area contributed by atoms with Gasteiger partial charge in [-0.15, -0.1) is 12.4 Å². The van der Waals surface area contributed by atoms with Gasteiger partial charge in [0, 0.05) is 32.1 Å². The molecule has 9 nitrogen and oxygen atoms in total. The number of carbonyl (C=O) groups excluding carboxylic acids is 1. The van der Waals surface area contributed by atoms with E-state index in [2.05, 4.69) is 4.98 Å². The van der Waals surface area contributed by atoms with Crippen molar-refractivity contribution in [3.63, 3.8) is 0 Å². The Morgan fingerprint density at radius 1 is 1.24 bits per heavy atom. The number of rotatable bonds is 7. The first-order valence-electron chi connectivity index (χ1n) is 9.06. The molecule has 2 aromatic rings. The molecule has 1 N–H and O–H groups in total. The van der Waals surface area contributed by atoms with Crippen molar-refractivity contribution in [3.8, 4) is 11.5 Å². The largest absolute Gasteiger partial charge is 0.493 e. The first-order valence-corrected chi connectivity index (χ1v) is 9.06. The number of hydrogen-bond acceptors (Lipinski definition) is 6. The van der Waals surface area contributed by atoms with Crippen LogP contribution >= 0.6 is 12.4 Å². The standard InChI is InChI=1S/C19H23N3O6.ClH/c1-27-15-8-13-14(9-16(15)28-2)20-11-22(18(13)24)6-3-4-17(23)21-7-5-12(10-21)19(25)26;/h8-9,11-12H,3-7,10H2,1-2H3,(H,25,26);1H. The van der Waals surface area contributed by atoms with Gasteiger partial charge in [-0.3, -0.25) is 19.0 Å². The Labute approximate surface area is 173 Å². The lowest BCUT2D eigenvalue weighted by atomic mass is 10.1. The van der Waals surface area contributed by atoms with Crippen LogP contribution in [0.5, 0.6) is 11.5 Å². The molecular weight excluding hydrogens is 402 g/mol. The molecule has 1 aliphatic heterocycles. The second-order valence-corrected chi connectivity index (χ2v) is 6.73. The molecule has 3 rings (SSSR count). The molecule has 10 heteroatoms. The van der Waals surface area contributed by atoms with E-state index in [0.717, 1.165) is 0 Å². The van der Waals surface area contributed by atoms with Gasteiger partial charge in [-0.1, -0.05) is 0 Å². The first-order chi connectivity index (χ1) is 13.4. The molecule has 0 radical (unpaired) electrons. The zero-order valence-electron chi connectivity index (χ0n) is 16.3.